The molecule has 1 saturated heterocycles. The van der Waals surface area contributed by atoms with Gasteiger partial charge in [-0.05, 0) is 73.4 Å². The maximum absolute atomic E-state index is 10.7. The summed E-state index contributed by atoms with van der Waals surface area (Å²) in [7, 11) is 0. The lowest BCUT2D eigenvalue weighted by atomic mass is 9.98. The molecular weight excluding hydrogens is 388 g/mol. The number of phenols is 2. The van der Waals surface area contributed by atoms with Gasteiger partial charge >= 0.3 is 0 Å². The van der Waals surface area contributed by atoms with E-state index in [9.17, 15) is 10.2 Å². The number of aromatic nitrogens is 3. The summed E-state index contributed by atoms with van der Waals surface area (Å²) >= 11 is 0. The van der Waals surface area contributed by atoms with Crippen LogP contribution in [0.3, 0.4) is 0 Å². The maximum atomic E-state index is 10.7. The van der Waals surface area contributed by atoms with Crippen molar-refractivity contribution in [2.24, 2.45) is 0 Å². The molecule has 0 atom stereocenters. The second-order valence-electron chi connectivity index (χ2n) is 9.07. The number of hydrogen-bond donors (Lipinski definition) is 2. The summed E-state index contributed by atoms with van der Waals surface area (Å²) in [5.41, 5.74) is 5.08. The lowest BCUT2D eigenvalue weighted by Gasteiger charge is -2.29. The van der Waals surface area contributed by atoms with Crippen LogP contribution in [0.25, 0.3) is 17.1 Å². The Balaban J connectivity index is 1.63. The Morgan fingerprint density at radius 1 is 0.871 bits per heavy atom. The second kappa shape index (κ2) is 7.91. The predicted octanol–water partition coefficient (Wildman–Crippen LogP) is 4.95. The highest BCUT2D eigenvalue weighted by molar-refractivity contribution is 5.70. The number of phenolic OH excluding ortho intramolecular Hbond substituents is 2. The maximum Gasteiger partial charge on any atom is 0.172 e. The smallest absolute Gasteiger partial charge is 0.172 e. The summed E-state index contributed by atoms with van der Waals surface area (Å²) in [5.74, 6) is 1.80. The monoisotopic (exact) mass is 418 g/mol. The number of piperidine rings is 1. The van der Waals surface area contributed by atoms with Gasteiger partial charge in [0.25, 0.3) is 0 Å². The summed E-state index contributed by atoms with van der Waals surface area (Å²) in [4.78, 5) is 2.49. The molecule has 2 N–H and O–H groups in total. The highest BCUT2D eigenvalue weighted by atomic mass is 16.3. The van der Waals surface area contributed by atoms with Gasteiger partial charge in [0.1, 0.15) is 17.3 Å². The molecule has 0 spiro atoms. The first-order chi connectivity index (χ1) is 15.0. The molecule has 0 saturated carbocycles. The molecular formula is C25H30N4O2. The van der Waals surface area contributed by atoms with Crippen molar-refractivity contribution in [2.75, 3.05) is 18.0 Å². The Morgan fingerprint density at radius 3 is 2.45 bits per heavy atom. The summed E-state index contributed by atoms with van der Waals surface area (Å²) < 4.78 is 2.10. The van der Waals surface area contributed by atoms with Gasteiger partial charge in [0, 0.05) is 31.3 Å². The molecule has 6 heteroatoms. The third kappa shape index (κ3) is 3.54. The average Bonchev–Trinajstić information content (AvgIpc) is 3.08. The number of hydrogen-bond acceptors (Lipinski definition) is 5. The minimum absolute atomic E-state index is 0.0211. The molecule has 0 radical (unpaired) electrons. The number of benzene rings is 2. The van der Waals surface area contributed by atoms with Gasteiger partial charge < -0.3 is 15.1 Å². The van der Waals surface area contributed by atoms with E-state index >= 15 is 0 Å². The second-order valence-corrected chi connectivity index (χ2v) is 9.07. The highest BCUT2D eigenvalue weighted by Gasteiger charge is 2.24. The zero-order chi connectivity index (χ0) is 21.5. The number of anilines is 1. The molecule has 2 aliphatic rings. The molecule has 31 heavy (non-hydrogen) atoms. The van der Waals surface area contributed by atoms with Crippen molar-refractivity contribution < 1.29 is 10.2 Å². The SMILES string of the molecule is CC(C)c1cc(-c2nnc3n2-c2ccc(N4CCCCC4)cc2CCC3)c(O)cc1O. The first-order valence-corrected chi connectivity index (χ1v) is 11.4. The van der Waals surface area contributed by atoms with Crippen molar-refractivity contribution in [3.8, 4) is 28.6 Å². The van der Waals surface area contributed by atoms with E-state index in [4.69, 9.17) is 0 Å². The van der Waals surface area contributed by atoms with Gasteiger partial charge in [0.15, 0.2) is 5.82 Å². The third-order valence-corrected chi connectivity index (χ3v) is 6.61. The van der Waals surface area contributed by atoms with Crippen molar-refractivity contribution >= 4 is 5.69 Å². The van der Waals surface area contributed by atoms with Crippen LogP contribution >= 0.6 is 0 Å². The van der Waals surface area contributed by atoms with Crippen LogP contribution in [0, 0.1) is 0 Å². The van der Waals surface area contributed by atoms with Gasteiger partial charge in [-0.1, -0.05) is 13.8 Å². The summed E-state index contributed by atoms with van der Waals surface area (Å²) in [6.45, 7) is 6.30. The molecule has 3 aromatic rings. The van der Waals surface area contributed by atoms with Crippen LogP contribution in [-0.2, 0) is 12.8 Å². The van der Waals surface area contributed by atoms with Crippen molar-refractivity contribution in [1.29, 1.82) is 0 Å². The zero-order valence-corrected chi connectivity index (χ0v) is 18.3. The van der Waals surface area contributed by atoms with E-state index in [1.807, 2.05) is 19.9 Å². The predicted molar refractivity (Wildman–Crippen MR) is 122 cm³/mol. The van der Waals surface area contributed by atoms with Crippen LogP contribution in [0.1, 0.15) is 62.4 Å². The van der Waals surface area contributed by atoms with Crippen LogP contribution < -0.4 is 4.90 Å². The number of rotatable bonds is 3. The van der Waals surface area contributed by atoms with Gasteiger partial charge in [-0.3, -0.25) is 4.57 Å². The number of aryl methyl sites for hydroxylation is 2. The fourth-order valence-corrected chi connectivity index (χ4v) is 4.92. The van der Waals surface area contributed by atoms with Gasteiger partial charge in [-0.25, -0.2) is 0 Å². The Kier molecular flexibility index (Phi) is 5.08. The largest absolute Gasteiger partial charge is 0.508 e. The summed E-state index contributed by atoms with van der Waals surface area (Å²) in [6.07, 6.45) is 6.70. The Labute approximate surface area is 183 Å². The van der Waals surface area contributed by atoms with E-state index in [1.165, 1.54) is 36.6 Å². The molecule has 5 rings (SSSR count). The Bertz CT molecular complexity index is 1110. The lowest BCUT2D eigenvalue weighted by molar-refractivity contribution is 0.444. The Hall–Kier alpha value is -3.02. The molecule has 1 aromatic heterocycles. The van der Waals surface area contributed by atoms with Gasteiger partial charge in [-0.2, -0.15) is 0 Å². The van der Waals surface area contributed by atoms with E-state index in [2.05, 4.69) is 37.9 Å². The molecule has 3 heterocycles. The van der Waals surface area contributed by atoms with Crippen LogP contribution in [0.15, 0.2) is 30.3 Å². The van der Waals surface area contributed by atoms with Crippen LogP contribution in [0.5, 0.6) is 11.5 Å². The van der Waals surface area contributed by atoms with Gasteiger partial charge in [0.2, 0.25) is 0 Å². The van der Waals surface area contributed by atoms with Gasteiger partial charge in [0.05, 0.1) is 11.3 Å². The summed E-state index contributed by atoms with van der Waals surface area (Å²) in [5, 5.41) is 29.9. The van der Waals surface area contributed by atoms with E-state index in [1.54, 1.807) is 0 Å². The number of fused-ring (bicyclic) bond motifs is 3. The Morgan fingerprint density at radius 2 is 1.68 bits per heavy atom. The fraction of sp³-hybridized carbons (Fsp3) is 0.440. The van der Waals surface area contributed by atoms with Crippen molar-refractivity contribution in [3.63, 3.8) is 0 Å². The van der Waals surface area contributed by atoms with E-state index < -0.39 is 0 Å². The zero-order valence-electron chi connectivity index (χ0n) is 18.3. The van der Waals surface area contributed by atoms with Crippen molar-refractivity contribution in [1.82, 2.24) is 14.8 Å². The minimum atomic E-state index is 0.0211. The number of nitrogens with zero attached hydrogens (tertiary/aromatic N) is 4. The normalized spacial score (nSPS) is 16.2. The van der Waals surface area contributed by atoms with Crippen LogP contribution in [0.2, 0.25) is 0 Å². The third-order valence-electron chi connectivity index (χ3n) is 6.61. The average molecular weight is 419 g/mol. The van der Waals surface area contributed by atoms with E-state index in [0.717, 1.165) is 49.4 Å². The van der Waals surface area contributed by atoms with E-state index in [-0.39, 0.29) is 17.4 Å². The molecule has 6 nitrogen and oxygen atoms in total. The fourth-order valence-electron chi connectivity index (χ4n) is 4.92. The molecule has 2 aromatic carbocycles. The molecule has 0 bridgehead atoms. The molecule has 0 unspecified atom stereocenters. The van der Waals surface area contributed by atoms with E-state index in [0.29, 0.717) is 11.4 Å². The highest BCUT2D eigenvalue weighted by Crippen LogP contribution is 2.39. The molecule has 162 valence electrons. The molecule has 2 aliphatic heterocycles. The van der Waals surface area contributed by atoms with Crippen LogP contribution in [0.4, 0.5) is 5.69 Å². The molecule has 0 amide bonds. The van der Waals surface area contributed by atoms with Crippen molar-refractivity contribution in [2.45, 2.75) is 58.3 Å². The first-order valence-electron chi connectivity index (χ1n) is 11.4. The lowest BCUT2D eigenvalue weighted by Crippen LogP contribution is -2.29. The van der Waals surface area contributed by atoms with Crippen molar-refractivity contribution in [3.05, 3.63) is 47.3 Å². The topological polar surface area (TPSA) is 74.4 Å². The molecule has 1 fully saturated rings. The van der Waals surface area contributed by atoms with Gasteiger partial charge in [-0.15, -0.1) is 10.2 Å². The minimum Gasteiger partial charge on any atom is -0.508 e. The quantitative estimate of drug-likeness (QED) is 0.630. The van der Waals surface area contributed by atoms with Crippen LogP contribution in [-0.4, -0.2) is 38.1 Å². The summed E-state index contributed by atoms with van der Waals surface area (Å²) in [6, 6.07) is 9.99. The number of aromatic hydroxyl groups is 2. The standard InChI is InChI=1S/C25H30N4O2/c1-16(2)19-14-20(23(31)15-22(19)30)25-27-26-24-8-6-7-17-13-18(9-10-21(17)29(24)25)28-11-4-3-5-12-28/h9-10,13-16,30-31H,3-8,11-12H2,1-2H3. The first kappa shape index (κ1) is 19.9. The molecule has 0 aliphatic carbocycles.